The number of piperidine rings is 1. The molecule has 0 aromatic heterocycles. The topological polar surface area (TPSA) is 59.0 Å². The second kappa shape index (κ2) is 6.40. The van der Waals surface area contributed by atoms with Crippen LogP contribution in [0.4, 0.5) is 0 Å². The van der Waals surface area contributed by atoms with Crippen LogP contribution in [-0.4, -0.2) is 42.2 Å². The third-order valence-corrected chi connectivity index (χ3v) is 4.21. The molecule has 1 aromatic rings. The van der Waals surface area contributed by atoms with Crippen LogP contribution in [-0.2, 0) is 4.79 Å². The first kappa shape index (κ1) is 14.9. The number of hydrogen-bond acceptors (Lipinski definition) is 4. The van der Waals surface area contributed by atoms with Gasteiger partial charge in [-0.3, -0.25) is 4.79 Å². The average Bonchev–Trinajstić information content (AvgIpc) is 2.56. The van der Waals surface area contributed by atoms with E-state index < -0.39 is 12.0 Å². The van der Waals surface area contributed by atoms with Crippen molar-refractivity contribution < 1.29 is 19.4 Å². The van der Waals surface area contributed by atoms with E-state index in [0.29, 0.717) is 43.2 Å². The molecule has 0 spiro atoms. The predicted octanol–water partition coefficient (Wildman–Crippen LogP) is 1.92. The Morgan fingerprint density at radius 2 is 2.14 bits per heavy atom. The van der Waals surface area contributed by atoms with Crippen LogP contribution in [0.5, 0.6) is 11.5 Å². The number of aliphatic hydroxyl groups is 1. The summed E-state index contributed by atoms with van der Waals surface area (Å²) in [5, 5.41) is 10.6. The number of likely N-dealkylation sites (tertiary alicyclic amines) is 1. The zero-order valence-corrected chi connectivity index (χ0v) is 12.5. The molecular formula is C17H21NO4. The number of rotatable bonds is 4. The number of carbonyl (C=O) groups is 1. The third-order valence-electron chi connectivity index (χ3n) is 4.21. The Morgan fingerprint density at radius 1 is 1.36 bits per heavy atom. The minimum Gasteiger partial charge on any atom is -0.486 e. The molecule has 1 N–H and O–H groups in total. The van der Waals surface area contributed by atoms with E-state index in [4.69, 9.17) is 9.47 Å². The fraction of sp³-hybridized carbons (Fsp3) is 0.471. The lowest BCUT2D eigenvalue weighted by Crippen LogP contribution is -2.43. The molecule has 22 heavy (non-hydrogen) atoms. The van der Waals surface area contributed by atoms with Gasteiger partial charge in [-0.05, 0) is 30.5 Å². The minimum atomic E-state index is -0.823. The number of aliphatic hydroxyl groups excluding tert-OH is 1. The van der Waals surface area contributed by atoms with E-state index >= 15 is 0 Å². The number of nitrogens with zero attached hydrogens (tertiary/aromatic N) is 1. The second-order valence-corrected chi connectivity index (χ2v) is 5.67. The molecule has 118 valence electrons. The number of carbonyl (C=O) groups excluding carboxylic acids is 1. The van der Waals surface area contributed by atoms with Crippen LogP contribution in [0.3, 0.4) is 0 Å². The molecule has 0 saturated carbocycles. The first-order valence-corrected chi connectivity index (χ1v) is 7.68. The maximum Gasteiger partial charge on any atom is 0.228 e. The largest absolute Gasteiger partial charge is 0.486 e. The third kappa shape index (κ3) is 2.81. The summed E-state index contributed by atoms with van der Waals surface area (Å²) in [4.78, 5) is 14.2. The Bertz CT molecular complexity index is 572. The molecule has 1 aromatic carbocycles. The van der Waals surface area contributed by atoms with Crippen LogP contribution in [0.15, 0.2) is 30.9 Å². The molecule has 0 aliphatic carbocycles. The lowest BCUT2D eigenvalue weighted by Gasteiger charge is -2.34. The fourth-order valence-electron chi connectivity index (χ4n) is 3.08. The van der Waals surface area contributed by atoms with Gasteiger partial charge in [0.1, 0.15) is 13.2 Å². The van der Waals surface area contributed by atoms with Gasteiger partial charge in [0, 0.05) is 13.1 Å². The molecule has 5 heteroatoms. The normalized spacial score (nSPS) is 22.3. The van der Waals surface area contributed by atoms with Gasteiger partial charge in [0.05, 0.1) is 12.0 Å². The van der Waals surface area contributed by atoms with E-state index in [0.717, 1.165) is 13.0 Å². The molecule has 2 atom stereocenters. The van der Waals surface area contributed by atoms with Gasteiger partial charge >= 0.3 is 0 Å². The highest BCUT2D eigenvalue weighted by Crippen LogP contribution is 2.36. The summed E-state index contributed by atoms with van der Waals surface area (Å²) in [6.07, 6.45) is 2.49. The van der Waals surface area contributed by atoms with Gasteiger partial charge in [0.2, 0.25) is 5.91 Å². The van der Waals surface area contributed by atoms with Crippen LogP contribution in [0.25, 0.3) is 0 Å². The van der Waals surface area contributed by atoms with Crippen molar-refractivity contribution in [2.24, 2.45) is 5.92 Å². The number of benzene rings is 1. The predicted molar refractivity (Wildman–Crippen MR) is 81.9 cm³/mol. The molecule has 1 saturated heterocycles. The molecule has 1 fully saturated rings. The Morgan fingerprint density at radius 3 is 2.91 bits per heavy atom. The van der Waals surface area contributed by atoms with Crippen LogP contribution < -0.4 is 9.47 Å². The Kier molecular flexibility index (Phi) is 4.34. The van der Waals surface area contributed by atoms with Gasteiger partial charge in [0.25, 0.3) is 0 Å². The highest BCUT2D eigenvalue weighted by atomic mass is 16.6. The van der Waals surface area contributed by atoms with Gasteiger partial charge in [0.15, 0.2) is 11.5 Å². The molecule has 0 radical (unpaired) electrons. The molecule has 2 aliphatic rings. The van der Waals surface area contributed by atoms with Crippen molar-refractivity contribution in [1.29, 1.82) is 0 Å². The zero-order chi connectivity index (χ0) is 15.5. The van der Waals surface area contributed by atoms with Crippen LogP contribution in [0, 0.1) is 5.92 Å². The van der Waals surface area contributed by atoms with Crippen molar-refractivity contribution in [2.45, 2.75) is 18.9 Å². The Balaban J connectivity index is 1.79. The smallest absolute Gasteiger partial charge is 0.228 e. The molecule has 0 bridgehead atoms. The number of hydrogen-bond donors (Lipinski definition) is 1. The molecule has 5 nitrogen and oxygen atoms in total. The summed E-state index contributed by atoms with van der Waals surface area (Å²) in [5.41, 5.74) is 0.697. The van der Waals surface area contributed by atoms with Gasteiger partial charge < -0.3 is 19.5 Å². The van der Waals surface area contributed by atoms with E-state index in [1.807, 2.05) is 0 Å². The Hall–Kier alpha value is -2.01. The lowest BCUT2D eigenvalue weighted by atomic mass is 9.87. The van der Waals surface area contributed by atoms with Crippen molar-refractivity contribution in [3.05, 3.63) is 36.4 Å². The molecule has 1 amide bonds. The molecule has 2 aliphatic heterocycles. The summed E-state index contributed by atoms with van der Waals surface area (Å²) in [6, 6.07) is 5.37. The number of ether oxygens (including phenoxy) is 2. The fourth-order valence-corrected chi connectivity index (χ4v) is 3.08. The van der Waals surface area contributed by atoms with Gasteiger partial charge in [-0.1, -0.05) is 12.1 Å². The van der Waals surface area contributed by atoms with Crippen LogP contribution >= 0.6 is 0 Å². The minimum absolute atomic E-state index is 0.00598. The first-order chi connectivity index (χ1) is 10.7. The quantitative estimate of drug-likeness (QED) is 0.863. The maximum atomic E-state index is 12.5. The Labute approximate surface area is 130 Å². The van der Waals surface area contributed by atoms with E-state index in [1.54, 1.807) is 29.2 Å². The van der Waals surface area contributed by atoms with Gasteiger partial charge in [-0.2, -0.15) is 0 Å². The average molecular weight is 303 g/mol. The summed E-state index contributed by atoms with van der Waals surface area (Å²) in [7, 11) is 0. The van der Waals surface area contributed by atoms with Crippen molar-refractivity contribution >= 4 is 5.91 Å². The summed E-state index contributed by atoms with van der Waals surface area (Å²) < 4.78 is 11.0. The standard InChI is InChI=1S/C17H21NO4/c1-2-7-18-8-3-4-13(17(18)20)16(19)12-5-6-14-15(11-12)22-10-9-21-14/h2,5-6,11,13,16,19H,1,3-4,7-10H2/t13-,16-/m1/s1. The van der Waals surface area contributed by atoms with Crippen molar-refractivity contribution in [3.8, 4) is 11.5 Å². The highest BCUT2D eigenvalue weighted by molar-refractivity contribution is 5.80. The summed E-state index contributed by atoms with van der Waals surface area (Å²) >= 11 is 0. The van der Waals surface area contributed by atoms with Gasteiger partial charge in [-0.15, -0.1) is 6.58 Å². The monoisotopic (exact) mass is 303 g/mol. The number of fused-ring (bicyclic) bond motifs is 1. The van der Waals surface area contributed by atoms with E-state index in [-0.39, 0.29) is 5.91 Å². The van der Waals surface area contributed by atoms with Crippen molar-refractivity contribution in [3.63, 3.8) is 0 Å². The van der Waals surface area contributed by atoms with E-state index in [2.05, 4.69) is 6.58 Å². The number of amides is 1. The SMILES string of the molecule is C=CCN1CCC[C@H]([C@H](O)c2ccc3c(c2)OCCO3)C1=O. The van der Waals surface area contributed by atoms with Gasteiger partial charge in [-0.25, -0.2) is 0 Å². The molecular weight excluding hydrogens is 282 g/mol. The van der Waals surface area contributed by atoms with E-state index in [1.165, 1.54) is 0 Å². The lowest BCUT2D eigenvalue weighted by molar-refractivity contribution is -0.142. The van der Waals surface area contributed by atoms with E-state index in [9.17, 15) is 9.90 Å². The molecule has 0 unspecified atom stereocenters. The summed E-state index contributed by atoms with van der Waals surface area (Å²) in [6.45, 7) is 5.98. The summed E-state index contributed by atoms with van der Waals surface area (Å²) in [5.74, 6) is 0.907. The van der Waals surface area contributed by atoms with Crippen molar-refractivity contribution in [1.82, 2.24) is 4.90 Å². The molecule has 2 heterocycles. The van der Waals surface area contributed by atoms with Crippen LogP contribution in [0.1, 0.15) is 24.5 Å². The molecule has 3 rings (SSSR count). The highest BCUT2D eigenvalue weighted by Gasteiger charge is 2.34. The van der Waals surface area contributed by atoms with Crippen molar-refractivity contribution in [2.75, 3.05) is 26.3 Å². The maximum absolute atomic E-state index is 12.5. The zero-order valence-electron chi connectivity index (χ0n) is 12.5. The second-order valence-electron chi connectivity index (χ2n) is 5.67. The van der Waals surface area contributed by atoms with Crippen LogP contribution in [0.2, 0.25) is 0 Å². The first-order valence-electron chi connectivity index (χ1n) is 7.68.